The molecular formula is C15H28N2O2S. The Morgan fingerprint density at radius 3 is 2.70 bits per heavy atom. The number of thioether (sulfide) groups is 1. The van der Waals surface area contributed by atoms with Crippen molar-refractivity contribution in [2.24, 2.45) is 0 Å². The normalized spacial score (nSPS) is 26.2. The Morgan fingerprint density at radius 2 is 2.20 bits per heavy atom. The van der Waals surface area contributed by atoms with Crippen LogP contribution in [-0.4, -0.2) is 65.2 Å². The highest BCUT2D eigenvalue weighted by Crippen LogP contribution is 2.25. The molecule has 0 aromatic rings. The molecule has 0 N–H and O–H groups in total. The molecule has 0 aliphatic carbocycles. The Kier molecular flexibility index (Phi) is 6.02. The fraction of sp³-hybridized carbons (Fsp3) is 0.933. The van der Waals surface area contributed by atoms with Crippen LogP contribution in [-0.2, 0) is 4.74 Å². The lowest BCUT2D eigenvalue weighted by Crippen LogP contribution is -2.52. The summed E-state index contributed by atoms with van der Waals surface area (Å²) in [6.07, 6.45) is 3.60. The van der Waals surface area contributed by atoms with E-state index in [0.717, 1.165) is 44.7 Å². The summed E-state index contributed by atoms with van der Waals surface area (Å²) < 4.78 is 5.75. The van der Waals surface area contributed by atoms with Crippen LogP contribution >= 0.6 is 11.8 Å². The lowest BCUT2D eigenvalue weighted by atomic mass is 10.1. The standard InChI is InChI=1S/C15H28N2O2S/c1-4-16(12(2)3)15(18)17(13-7-9-20-11-13)10-14-6-5-8-19-14/h12-14H,4-11H2,1-3H3/t13-,14-/m0/s1. The van der Waals surface area contributed by atoms with Gasteiger partial charge in [0.15, 0.2) is 0 Å². The third kappa shape index (κ3) is 3.82. The van der Waals surface area contributed by atoms with Gasteiger partial charge >= 0.3 is 6.03 Å². The minimum Gasteiger partial charge on any atom is -0.376 e. The monoisotopic (exact) mass is 300 g/mol. The summed E-state index contributed by atoms with van der Waals surface area (Å²) in [5.41, 5.74) is 0. The van der Waals surface area contributed by atoms with Gasteiger partial charge in [0, 0.05) is 37.5 Å². The third-order valence-corrected chi connectivity index (χ3v) is 5.37. The molecule has 2 saturated heterocycles. The topological polar surface area (TPSA) is 32.8 Å². The van der Waals surface area contributed by atoms with E-state index in [2.05, 4.69) is 25.7 Å². The first-order chi connectivity index (χ1) is 9.63. The average molecular weight is 300 g/mol. The Bertz CT molecular complexity index is 313. The van der Waals surface area contributed by atoms with Gasteiger partial charge in [-0.25, -0.2) is 4.79 Å². The number of hydrogen-bond acceptors (Lipinski definition) is 3. The highest BCUT2D eigenvalue weighted by molar-refractivity contribution is 7.99. The molecule has 0 aromatic heterocycles. The molecule has 116 valence electrons. The maximum absolute atomic E-state index is 12.9. The van der Waals surface area contributed by atoms with E-state index in [0.29, 0.717) is 6.04 Å². The first kappa shape index (κ1) is 16.0. The van der Waals surface area contributed by atoms with E-state index in [1.807, 2.05) is 16.7 Å². The first-order valence-corrected chi connectivity index (χ1v) is 9.05. The number of amides is 2. The van der Waals surface area contributed by atoms with Crippen LogP contribution in [0.15, 0.2) is 0 Å². The van der Waals surface area contributed by atoms with Gasteiger partial charge in [-0.1, -0.05) is 0 Å². The quantitative estimate of drug-likeness (QED) is 0.783. The minimum absolute atomic E-state index is 0.200. The summed E-state index contributed by atoms with van der Waals surface area (Å²) in [6, 6.07) is 0.851. The molecule has 0 unspecified atom stereocenters. The van der Waals surface area contributed by atoms with Crippen molar-refractivity contribution < 1.29 is 9.53 Å². The SMILES string of the molecule is CCN(C(=O)N(C[C@@H]1CCCO1)[C@H]1CCSC1)C(C)C. The fourth-order valence-electron chi connectivity index (χ4n) is 3.05. The molecule has 0 saturated carbocycles. The number of carbonyl (C=O) groups is 1. The predicted molar refractivity (Wildman–Crippen MR) is 84.3 cm³/mol. The van der Waals surface area contributed by atoms with Gasteiger partial charge < -0.3 is 14.5 Å². The molecule has 4 nitrogen and oxygen atoms in total. The number of ether oxygens (including phenoxy) is 1. The van der Waals surface area contributed by atoms with Crippen molar-refractivity contribution in [2.75, 3.05) is 31.2 Å². The summed E-state index contributed by atoms with van der Waals surface area (Å²) in [7, 11) is 0. The Labute approximate surface area is 127 Å². The molecule has 2 atom stereocenters. The van der Waals surface area contributed by atoms with Crippen LogP contribution in [0.2, 0.25) is 0 Å². The van der Waals surface area contributed by atoms with E-state index in [-0.39, 0.29) is 18.2 Å². The van der Waals surface area contributed by atoms with Crippen LogP contribution in [0.5, 0.6) is 0 Å². The van der Waals surface area contributed by atoms with Crippen molar-refractivity contribution in [3.8, 4) is 0 Å². The van der Waals surface area contributed by atoms with Crippen molar-refractivity contribution in [3.05, 3.63) is 0 Å². The summed E-state index contributed by atoms with van der Waals surface area (Å²) in [5.74, 6) is 2.25. The molecular weight excluding hydrogens is 272 g/mol. The van der Waals surface area contributed by atoms with Crippen molar-refractivity contribution >= 4 is 17.8 Å². The van der Waals surface area contributed by atoms with E-state index in [1.165, 1.54) is 5.75 Å². The Hall–Kier alpha value is -0.420. The zero-order chi connectivity index (χ0) is 14.5. The van der Waals surface area contributed by atoms with E-state index in [1.54, 1.807) is 0 Å². The molecule has 2 amide bonds. The van der Waals surface area contributed by atoms with E-state index < -0.39 is 0 Å². The summed E-state index contributed by atoms with van der Waals surface area (Å²) >= 11 is 1.96. The van der Waals surface area contributed by atoms with Gasteiger partial charge in [-0.15, -0.1) is 0 Å². The number of nitrogens with zero attached hydrogens (tertiary/aromatic N) is 2. The zero-order valence-corrected chi connectivity index (χ0v) is 13.8. The van der Waals surface area contributed by atoms with Crippen LogP contribution in [0.3, 0.4) is 0 Å². The zero-order valence-electron chi connectivity index (χ0n) is 13.0. The maximum atomic E-state index is 12.9. The second-order valence-corrected chi connectivity index (χ2v) is 7.12. The molecule has 2 heterocycles. The molecule has 2 fully saturated rings. The molecule has 0 radical (unpaired) electrons. The Morgan fingerprint density at radius 1 is 1.40 bits per heavy atom. The minimum atomic E-state index is 0.200. The lowest BCUT2D eigenvalue weighted by Gasteiger charge is -2.37. The van der Waals surface area contributed by atoms with Gasteiger partial charge in [0.2, 0.25) is 0 Å². The first-order valence-electron chi connectivity index (χ1n) is 7.90. The molecule has 0 bridgehead atoms. The van der Waals surface area contributed by atoms with Crippen LogP contribution in [0.1, 0.15) is 40.0 Å². The molecule has 5 heteroatoms. The van der Waals surface area contributed by atoms with Gasteiger partial charge in [-0.3, -0.25) is 0 Å². The van der Waals surface area contributed by atoms with Crippen molar-refractivity contribution in [2.45, 2.75) is 58.2 Å². The lowest BCUT2D eigenvalue weighted by molar-refractivity contribution is 0.0602. The molecule has 0 spiro atoms. The van der Waals surface area contributed by atoms with Gasteiger partial charge in [-0.2, -0.15) is 11.8 Å². The van der Waals surface area contributed by atoms with E-state index >= 15 is 0 Å². The van der Waals surface area contributed by atoms with E-state index in [9.17, 15) is 4.79 Å². The van der Waals surface area contributed by atoms with E-state index in [4.69, 9.17) is 4.74 Å². The number of rotatable bonds is 5. The smallest absolute Gasteiger partial charge is 0.320 e. The second-order valence-electron chi connectivity index (χ2n) is 5.97. The van der Waals surface area contributed by atoms with Gasteiger partial charge in [0.05, 0.1) is 6.10 Å². The molecule has 2 aliphatic rings. The molecule has 2 aliphatic heterocycles. The van der Waals surface area contributed by atoms with Gasteiger partial charge in [-0.05, 0) is 45.8 Å². The highest BCUT2D eigenvalue weighted by atomic mass is 32.2. The molecule has 0 aromatic carbocycles. The summed E-state index contributed by atoms with van der Waals surface area (Å²) in [4.78, 5) is 16.9. The largest absolute Gasteiger partial charge is 0.376 e. The number of carbonyl (C=O) groups excluding carboxylic acids is 1. The summed E-state index contributed by atoms with van der Waals surface area (Å²) in [5, 5.41) is 0. The van der Waals surface area contributed by atoms with Crippen molar-refractivity contribution in [1.82, 2.24) is 9.80 Å². The average Bonchev–Trinajstić information content (AvgIpc) is 3.09. The third-order valence-electron chi connectivity index (χ3n) is 4.23. The summed E-state index contributed by atoms with van der Waals surface area (Å²) in [6.45, 7) is 8.65. The van der Waals surface area contributed by atoms with Gasteiger partial charge in [0.1, 0.15) is 0 Å². The highest BCUT2D eigenvalue weighted by Gasteiger charge is 2.33. The predicted octanol–water partition coefficient (Wildman–Crippen LogP) is 2.82. The number of urea groups is 1. The maximum Gasteiger partial charge on any atom is 0.320 e. The second kappa shape index (κ2) is 7.55. The van der Waals surface area contributed by atoms with Gasteiger partial charge in [0.25, 0.3) is 0 Å². The van der Waals surface area contributed by atoms with Crippen LogP contribution in [0.25, 0.3) is 0 Å². The Balaban J connectivity index is 2.05. The van der Waals surface area contributed by atoms with Crippen molar-refractivity contribution in [3.63, 3.8) is 0 Å². The fourth-order valence-corrected chi connectivity index (χ4v) is 4.27. The molecule has 2 rings (SSSR count). The van der Waals surface area contributed by atoms with Crippen molar-refractivity contribution in [1.29, 1.82) is 0 Å². The van der Waals surface area contributed by atoms with Crippen LogP contribution in [0.4, 0.5) is 4.79 Å². The van der Waals surface area contributed by atoms with Crippen LogP contribution in [0, 0.1) is 0 Å². The van der Waals surface area contributed by atoms with Crippen LogP contribution < -0.4 is 0 Å². The number of hydrogen-bond donors (Lipinski definition) is 0. The molecule has 20 heavy (non-hydrogen) atoms.